The van der Waals surface area contributed by atoms with Crippen LogP contribution >= 0.6 is 0 Å². The number of anilines is 1. The Hall–Kier alpha value is -3.03. The molecule has 0 radical (unpaired) electrons. The van der Waals surface area contributed by atoms with Crippen LogP contribution in [0, 0.1) is 12.8 Å². The van der Waals surface area contributed by atoms with E-state index >= 15 is 0 Å². The van der Waals surface area contributed by atoms with Gasteiger partial charge in [-0.25, -0.2) is 9.48 Å². The molecule has 0 aliphatic carbocycles. The van der Waals surface area contributed by atoms with Crippen LogP contribution in [0.15, 0.2) is 35.1 Å². The molecular weight excluding hydrogens is 322 g/mol. The van der Waals surface area contributed by atoms with E-state index in [0.29, 0.717) is 11.4 Å². The van der Waals surface area contributed by atoms with Gasteiger partial charge in [-0.05, 0) is 25.0 Å². The van der Waals surface area contributed by atoms with E-state index in [4.69, 9.17) is 5.73 Å². The molecule has 0 fully saturated rings. The summed E-state index contributed by atoms with van der Waals surface area (Å²) < 4.78 is 3.13. The van der Waals surface area contributed by atoms with Gasteiger partial charge in [0.2, 0.25) is 5.91 Å². The molecule has 1 heterocycles. The molecule has 134 valence electrons. The molecule has 0 saturated heterocycles. The van der Waals surface area contributed by atoms with Crippen LogP contribution in [0.4, 0.5) is 10.5 Å². The number of para-hydroxylation sites is 1. The van der Waals surface area contributed by atoms with Gasteiger partial charge in [-0.15, -0.1) is 0 Å². The molecule has 1 aromatic carbocycles. The third kappa shape index (κ3) is 3.73. The quantitative estimate of drug-likeness (QED) is 0.755. The minimum atomic E-state index is -0.832. The Kier molecular flexibility index (Phi) is 5.31. The molecule has 2 rings (SSSR count). The Morgan fingerprint density at radius 2 is 1.76 bits per heavy atom. The highest BCUT2D eigenvalue weighted by Gasteiger charge is 2.26. The summed E-state index contributed by atoms with van der Waals surface area (Å²) in [6, 6.07) is 7.50. The van der Waals surface area contributed by atoms with Crippen molar-refractivity contribution in [3.63, 3.8) is 0 Å². The maximum atomic E-state index is 12.8. The highest BCUT2D eigenvalue weighted by atomic mass is 16.2. The van der Waals surface area contributed by atoms with Gasteiger partial charge in [0.05, 0.1) is 11.4 Å². The molecule has 1 aromatic heterocycles. The van der Waals surface area contributed by atoms with Crippen LogP contribution in [0.3, 0.4) is 0 Å². The van der Waals surface area contributed by atoms with Gasteiger partial charge in [0.25, 0.3) is 5.56 Å². The summed E-state index contributed by atoms with van der Waals surface area (Å²) in [6.07, 6.45) is 0. The average molecular weight is 345 g/mol. The molecule has 0 bridgehead atoms. The third-order valence-corrected chi connectivity index (χ3v) is 4.05. The van der Waals surface area contributed by atoms with Gasteiger partial charge in [-0.1, -0.05) is 32.0 Å². The molecule has 2 aromatic rings. The second kappa shape index (κ2) is 7.25. The summed E-state index contributed by atoms with van der Waals surface area (Å²) in [7, 11) is 1.74. The summed E-state index contributed by atoms with van der Waals surface area (Å²) in [4.78, 5) is 36.4. The lowest BCUT2D eigenvalue weighted by Gasteiger charge is -2.20. The average Bonchev–Trinajstić information content (AvgIpc) is 2.76. The van der Waals surface area contributed by atoms with Crippen molar-refractivity contribution in [1.29, 1.82) is 0 Å². The molecule has 0 unspecified atom stereocenters. The van der Waals surface area contributed by atoms with Crippen LogP contribution in [0.2, 0.25) is 0 Å². The number of urea groups is 1. The van der Waals surface area contributed by atoms with Crippen LogP contribution in [0.1, 0.15) is 19.5 Å². The second-order valence-electron chi connectivity index (χ2n) is 6.16. The molecule has 8 heteroatoms. The SMILES string of the molecule is Cc1c(NC(=O)[C@@H](NC(N)=O)C(C)C)c(=O)n(-c2ccccc2)n1C. The van der Waals surface area contributed by atoms with Crippen LogP contribution in [0.25, 0.3) is 5.69 Å². The maximum Gasteiger partial charge on any atom is 0.312 e. The lowest BCUT2D eigenvalue weighted by Crippen LogP contribution is -2.49. The number of carbonyl (C=O) groups is 2. The zero-order valence-electron chi connectivity index (χ0n) is 14.7. The van der Waals surface area contributed by atoms with E-state index in [1.165, 1.54) is 4.68 Å². The molecule has 25 heavy (non-hydrogen) atoms. The lowest BCUT2D eigenvalue weighted by atomic mass is 10.0. The second-order valence-corrected chi connectivity index (χ2v) is 6.16. The van der Waals surface area contributed by atoms with Gasteiger partial charge >= 0.3 is 6.03 Å². The van der Waals surface area contributed by atoms with Gasteiger partial charge in [0, 0.05) is 7.05 Å². The van der Waals surface area contributed by atoms with Crippen LogP contribution in [-0.4, -0.2) is 27.3 Å². The molecule has 1 atom stereocenters. The first-order valence-electron chi connectivity index (χ1n) is 7.95. The standard InChI is InChI=1S/C17H23N5O3/c1-10(2)13(20-17(18)25)15(23)19-14-11(3)21(4)22(16(14)24)12-8-6-5-7-9-12/h5-10,13H,1-4H3,(H,19,23)(H3,18,20,25)/t13-/m0/s1. The number of nitrogens with zero attached hydrogens (tertiary/aromatic N) is 2. The largest absolute Gasteiger partial charge is 0.352 e. The van der Waals surface area contributed by atoms with Crippen LogP contribution in [0.5, 0.6) is 0 Å². The molecule has 0 spiro atoms. The molecular formula is C17H23N5O3. The highest BCUT2D eigenvalue weighted by molar-refractivity contribution is 5.97. The van der Waals surface area contributed by atoms with Crippen molar-refractivity contribution in [3.8, 4) is 5.69 Å². The van der Waals surface area contributed by atoms with Gasteiger partial charge < -0.3 is 16.4 Å². The Morgan fingerprint density at radius 3 is 2.28 bits per heavy atom. The summed E-state index contributed by atoms with van der Waals surface area (Å²) >= 11 is 0. The minimum absolute atomic E-state index is 0.174. The number of hydrogen-bond donors (Lipinski definition) is 3. The number of benzene rings is 1. The Labute approximate surface area is 145 Å². The fraction of sp³-hybridized carbons (Fsp3) is 0.353. The van der Waals surface area contributed by atoms with Crippen molar-refractivity contribution in [2.75, 3.05) is 5.32 Å². The van der Waals surface area contributed by atoms with Gasteiger partial charge in [0.1, 0.15) is 11.7 Å². The van der Waals surface area contributed by atoms with Crippen molar-refractivity contribution >= 4 is 17.6 Å². The van der Waals surface area contributed by atoms with E-state index < -0.39 is 18.0 Å². The van der Waals surface area contributed by atoms with E-state index in [9.17, 15) is 14.4 Å². The van der Waals surface area contributed by atoms with Gasteiger partial charge in [-0.2, -0.15) is 0 Å². The Balaban J connectivity index is 2.39. The number of nitrogens with two attached hydrogens (primary N) is 1. The molecule has 3 amide bonds. The van der Waals surface area contributed by atoms with Crippen molar-refractivity contribution < 1.29 is 9.59 Å². The normalized spacial score (nSPS) is 12.0. The predicted octanol–water partition coefficient (Wildman–Crippen LogP) is 1.12. The van der Waals surface area contributed by atoms with Gasteiger partial charge in [-0.3, -0.25) is 14.3 Å². The van der Waals surface area contributed by atoms with E-state index in [1.807, 2.05) is 18.2 Å². The van der Waals surface area contributed by atoms with Crippen molar-refractivity contribution in [3.05, 3.63) is 46.4 Å². The van der Waals surface area contributed by atoms with Crippen molar-refractivity contribution in [1.82, 2.24) is 14.7 Å². The van der Waals surface area contributed by atoms with E-state index in [2.05, 4.69) is 10.6 Å². The summed E-state index contributed by atoms with van der Waals surface area (Å²) in [5.74, 6) is -0.673. The maximum absolute atomic E-state index is 12.8. The summed E-state index contributed by atoms with van der Waals surface area (Å²) in [5, 5.41) is 5.04. The third-order valence-electron chi connectivity index (χ3n) is 4.05. The predicted molar refractivity (Wildman–Crippen MR) is 95.7 cm³/mol. The van der Waals surface area contributed by atoms with Crippen LogP contribution < -0.4 is 21.9 Å². The zero-order chi connectivity index (χ0) is 18.7. The molecule has 0 aliphatic heterocycles. The molecule has 0 saturated carbocycles. The molecule has 4 N–H and O–H groups in total. The summed E-state index contributed by atoms with van der Waals surface area (Å²) in [6.45, 7) is 5.29. The monoisotopic (exact) mass is 345 g/mol. The van der Waals surface area contributed by atoms with Crippen molar-refractivity contribution in [2.24, 2.45) is 18.7 Å². The smallest absolute Gasteiger partial charge is 0.312 e. The summed E-state index contributed by atoms with van der Waals surface area (Å²) in [5.41, 5.74) is 6.24. The number of amides is 3. The fourth-order valence-electron chi connectivity index (χ4n) is 2.60. The Morgan fingerprint density at radius 1 is 1.16 bits per heavy atom. The number of aromatic nitrogens is 2. The first-order chi connectivity index (χ1) is 11.7. The van der Waals surface area contributed by atoms with Gasteiger partial charge in [0.15, 0.2) is 0 Å². The van der Waals surface area contributed by atoms with Crippen LogP contribution in [-0.2, 0) is 11.8 Å². The van der Waals surface area contributed by atoms with E-state index in [-0.39, 0.29) is 17.2 Å². The number of primary amides is 1. The molecule has 0 aliphatic rings. The number of hydrogen-bond acceptors (Lipinski definition) is 3. The zero-order valence-corrected chi connectivity index (χ0v) is 14.7. The Bertz CT molecular complexity index is 836. The molecule has 8 nitrogen and oxygen atoms in total. The van der Waals surface area contributed by atoms with E-state index in [1.54, 1.807) is 44.6 Å². The lowest BCUT2D eigenvalue weighted by molar-refractivity contribution is -0.118. The number of nitrogens with one attached hydrogen (secondary N) is 2. The fourth-order valence-corrected chi connectivity index (χ4v) is 2.60. The highest BCUT2D eigenvalue weighted by Crippen LogP contribution is 2.15. The number of carbonyl (C=O) groups excluding carboxylic acids is 2. The minimum Gasteiger partial charge on any atom is -0.352 e. The van der Waals surface area contributed by atoms with E-state index in [0.717, 1.165) is 0 Å². The first-order valence-corrected chi connectivity index (χ1v) is 7.95. The van der Waals surface area contributed by atoms with Crippen molar-refractivity contribution in [2.45, 2.75) is 26.8 Å². The number of rotatable bonds is 5. The topological polar surface area (TPSA) is 111 Å². The first kappa shape index (κ1) is 18.3.